The Morgan fingerprint density at radius 3 is 2.50 bits per heavy atom. The van der Waals surface area contributed by atoms with Crippen LogP contribution in [0, 0.1) is 0 Å². The van der Waals surface area contributed by atoms with Crippen LogP contribution in [0.2, 0.25) is 5.02 Å². The second kappa shape index (κ2) is 5.07. The normalized spacial score (nSPS) is 14.2. The number of aliphatic hydroxyl groups is 2. The zero-order chi connectivity index (χ0) is 12.3. The van der Waals surface area contributed by atoms with Crippen LogP contribution in [0.1, 0.15) is 22.0 Å². The first-order valence-corrected chi connectivity index (χ1v) is 4.68. The molecule has 2 unspecified atom stereocenters. The fraction of sp³-hybridized carbons (Fsp3) is 0.200. The molecule has 0 aliphatic heterocycles. The molecule has 0 heterocycles. The smallest absolute Gasteiger partial charge is 0.335 e. The highest BCUT2D eigenvalue weighted by molar-refractivity contribution is 6.31. The van der Waals surface area contributed by atoms with E-state index in [0.717, 1.165) is 0 Å². The van der Waals surface area contributed by atoms with E-state index in [2.05, 4.69) is 0 Å². The van der Waals surface area contributed by atoms with Gasteiger partial charge in [0.15, 0.2) is 6.10 Å². The lowest BCUT2D eigenvalue weighted by Crippen LogP contribution is -2.27. The number of carbonyl (C=O) groups is 2. The first-order chi connectivity index (χ1) is 7.47. The average Bonchev–Trinajstić information content (AvgIpc) is 2.27. The van der Waals surface area contributed by atoms with Crippen molar-refractivity contribution in [2.75, 3.05) is 0 Å². The summed E-state index contributed by atoms with van der Waals surface area (Å²) in [6.45, 7) is 0. The van der Waals surface area contributed by atoms with Gasteiger partial charge in [-0.1, -0.05) is 17.7 Å². The largest absolute Gasteiger partial charge is 0.479 e. The van der Waals surface area contributed by atoms with Crippen molar-refractivity contribution >= 4 is 23.9 Å². The van der Waals surface area contributed by atoms with Crippen LogP contribution in [0.25, 0.3) is 0 Å². The molecular weight excluding hydrogens is 236 g/mol. The van der Waals surface area contributed by atoms with Gasteiger partial charge in [0, 0.05) is 16.1 Å². The van der Waals surface area contributed by atoms with Gasteiger partial charge in [0.05, 0.1) is 0 Å². The number of aliphatic hydroxyl groups excluding tert-OH is 2. The minimum atomic E-state index is -1.99. The standard InChI is InChI=1S/C10H9ClO5/c11-7-2-1-5(4-12)3-6(7)8(13)9(14)10(15)16/h1-4,8-9,13-14H,(H,15,16). The Bertz CT molecular complexity index is 418. The summed E-state index contributed by atoms with van der Waals surface area (Å²) in [7, 11) is 0. The summed E-state index contributed by atoms with van der Waals surface area (Å²) in [5.41, 5.74) is 0.234. The molecule has 1 aromatic rings. The Balaban J connectivity index is 3.11. The van der Waals surface area contributed by atoms with Crippen LogP contribution in [0.5, 0.6) is 0 Å². The number of carboxylic acid groups (broad SMARTS) is 1. The highest BCUT2D eigenvalue weighted by atomic mass is 35.5. The maximum atomic E-state index is 10.5. The molecule has 0 spiro atoms. The van der Waals surface area contributed by atoms with E-state index in [1.54, 1.807) is 0 Å². The van der Waals surface area contributed by atoms with Gasteiger partial charge in [-0.2, -0.15) is 0 Å². The number of benzene rings is 1. The lowest BCUT2D eigenvalue weighted by Gasteiger charge is -2.15. The van der Waals surface area contributed by atoms with E-state index < -0.39 is 18.2 Å². The van der Waals surface area contributed by atoms with Gasteiger partial charge in [-0.05, 0) is 12.1 Å². The third-order valence-corrected chi connectivity index (χ3v) is 2.37. The molecule has 2 atom stereocenters. The molecule has 6 heteroatoms. The van der Waals surface area contributed by atoms with Crippen LogP contribution in [0.3, 0.4) is 0 Å². The monoisotopic (exact) mass is 244 g/mol. The molecule has 5 nitrogen and oxygen atoms in total. The Hall–Kier alpha value is -1.43. The molecule has 0 radical (unpaired) electrons. The summed E-state index contributed by atoms with van der Waals surface area (Å²) in [6.07, 6.45) is -3.14. The van der Waals surface area contributed by atoms with Crippen molar-refractivity contribution in [1.82, 2.24) is 0 Å². The molecule has 0 aliphatic carbocycles. The molecule has 0 aliphatic rings. The molecular formula is C10H9ClO5. The van der Waals surface area contributed by atoms with Crippen molar-refractivity contribution in [3.63, 3.8) is 0 Å². The van der Waals surface area contributed by atoms with Gasteiger partial charge in [-0.3, -0.25) is 4.79 Å². The number of carbonyl (C=O) groups excluding carboxylic acids is 1. The zero-order valence-electron chi connectivity index (χ0n) is 8.00. The average molecular weight is 245 g/mol. The van der Waals surface area contributed by atoms with Crippen molar-refractivity contribution in [2.24, 2.45) is 0 Å². The van der Waals surface area contributed by atoms with Gasteiger partial charge in [0.1, 0.15) is 12.4 Å². The number of rotatable bonds is 4. The van der Waals surface area contributed by atoms with Crippen LogP contribution < -0.4 is 0 Å². The van der Waals surface area contributed by atoms with Crippen molar-refractivity contribution in [3.05, 3.63) is 34.3 Å². The number of aldehydes is 1. The number of hydrogen-bond acceptors (Lipinski definition) is 4. The number of hydrogen-bond donors (Lipinski definition) is 3. The summed E-state index contributed by atoms with van der Waals surface area (Å²) in [4.78, 5) is 20.9. The van der Waals surface area contributed by atoms with E-state index in [1.165, 1.54) is 18.2 Å². The predicted molar refractivity (Wildman–Crippen MR) is 55.4 cm³/mol. The van der Waals surface area contributed by atoms with E-state index in [-0.39, 0.29) is 16.1 Å². The molecule has 1 aromatic carbocycles. The quantitative estimate of drug-likeness (QED) is 0.676. The first kappa shape index (κ1) is 12.6. The second-order valence-electron chi connectivity index (χ2n) is 3.13. The third-order valence-electron chi connectivity index (χ3n) is 2.03. The maximum Gasteiger partial charge on any atom is 0.335 e. The summed E-state index contributed by atoms with van der Waals surface area (Å²) < 4.78 is 0. The van der Waals surface area contributed by atoms with Gasteiger partial charge in [-0.15, -0.1) is 0 Å². The van der Waals surface area contributed by atoms with Crippen molar-refractivity contribution in [1.29, 1.82) is 0 Å². The fourth-order valence-electron chi connectivity index (χ4n) is 1.17. The minimum Gasteiger partial charge on any atom is -0.479 e. The molecule has 16 heavy (non-hydrogen) atoms. The number of halogens is 1. The fourth-order valence-corrected chi connectivity index (χ4v) is 1.40. The van der Waals surface area contributed by atoms with Crippen molar-refractivity contribution in [2.45, 2.75) is 12.2 Å². The molecule has 0 amide bonds. The summed E-state index contributed by atoms with van der Waals surface area (Å²) in [6, 6.07) is 3.99. The molecule has 0 fully saturated rings. The maximum absolute atomic E-state index is 10.5. The van der Waals surface area contributed by atoms with Crippen LogP contribution in [0.15, 0.2) is 18.2 Å². The van der Waals surface area contributed by atoms with E-state index in [9.17, 15) is 14.7 Å². The number of carboxylic acids is 1. The second-order valence-corrected chi connectivity index (χ2v) is 3.53. The molecule has 0 saturated carbocycles. The molecule has 1 rings (SSSR count). The topological polar surface area (TPSA) is 94.8 Å². The van der Waals surface area contributed by atoms with Gasteiger partial charge in [0.25, 0.3) is 0 Å². The lowest BCUT2D eigenvalue weighted by molar-refractivity contribution is -0.153. The zero-order valence-corrected chi connectivity index (χ0v) is 8.76. The highest BCUT2D eigenvalue weighted by Crippen LogP contribution is 2.26. The minimum absolute atomic E-state index is 0.00108. The Kier molecular flexibility index (Phi) is 4.00. The van der Waals surface area contributed by atoms with E-state index >= 15 is 0 Å². The number of aliphatic carboxylic acids is 1. The van der Waals surface area contributed by atoms with Crippen molar-refractivity contribution in [3.8, 4) is 0 Å². The predicted octanol–water partition coefficient (Wildman–Crippen LogP) is 0.631. The van der Waals surface area contributed by atoms with Gasteiger partial charge in [0.2, 0.25) is 0 Å². The van der Waals surface area contributed by atoms with E-state index in [4.69, 9.17) is 21.8 Å². The van der Waals surface area contributed by atoms with Crippen LogP contribution in [-0.2, 0) is 4.79 Å². The molecule has 0 saturated heterocycles. The van der Waals surface area contributed by atoms with Crippen molar-refractivity contribution < 1.29 is 24.9 Å². The summed E-state index contributed by atoms with van der Waals surface area (Å²) in [5, 5.41) is 27.3. The Labute approximate surface area is 95.9 Å². The van der Waals surface area contributed by atoms with Crippen LogP contribution in [-0.4, -0.2) is 33.7 Å². The van der Waals surface area contributed by atoms with E-state index in [1.807, 2.05) is 0 Å². The SMILES string of the molecule is O=Cc1ccc(Cl)c(C(O)C(O)C(=O)O)c1. The van der Waals surface area contributed by atoms with E-state index in [0.29, 0.717) is 6.29 Å². The Morgan fingerprint density at radius 1 is 1.38 bits per heavy atom. The van der Waals surface area contributed by atoms with Crippen LogP contribution >= 0.6 is 11.6 Å². The summed E-state index contributed by atoms with van der Waals surface area (Å²) >= 11 is 5.72. The third kappa shape index (κ3) is 2.57. The first-order valence-electron chi connectivity index (χ1n) is 4.31. The lowest BCUT2D eigenvalue weighted by atomic mass is 10.0. The van der Waals surface area contributed by atoms with Gasteiger partial charge < -0.3 is 15.3 Å². The molecule has 0 bridgehead atoms. The molecule has 86 valence electrons. The van der Waals surface area contributed by atoms with Gasteiger partial charge >= 0.3 is 5.97 Å². The summed E-state index contributed by atoms with van der Waals surface area (Å²) in [5.74, 6) is -1.57. The van der Waals surface area contributed by atoms with Gasteiger partial charge in [-0.25, -0.2) is 4.79 Å². The molecule has 3 N–H and O–H groups in total. The highest BCUT2D eigenvalue weighted by Gasteiger charge is 2.26. The Morgan fingerprint density at radius 2 is 2.00 bits per heavy atom. The molecule has 0 aromatic heterocycles. The van der Waals surface area contributed by atoms with Crippen LogP contribution in [0.4, 0.5) is 0 Å².